The summed E-state index contributed by atoms with van der Waals surface area (Å²) in [6, 6.07) is 11.6. The monoisotopic (exact) mass is 275 g/mol. The van der Waals surface area contributed by atoms with E-state index in [-0.39, 0.29) is 12.5 Å². The number of hydrogen-bond acceptors (Lipinski definition) is 3. The Bertz CT molecular complexity index is 546. The highest BCUT2D eigenvalue weighted by molar-refractivity contribution is 7.13. The minimum absolute atomic E-state index is 0.00919. The van der Waals surface area contributed by atoms with E-state index in [0.29, 0.717) is 6.54 Å². The van der Waals surface area contributed by atoms with Gasteiger partial charge in [-0.05, 0) is 36.6 Å². The number of thiophene rings is 1. The SMILES string of the molecule is Cc1ccc(C(=O)NCCc2ccc(CO)cc2)s1. The van der Waals surface area contributed by atoms with E-state index in [9.17, 15) is 4.79 Å². The summed E-state index contributed by atoms with van der Waals surface area (Å²) in [4.78, 5) is 13.7. The predicted molar refractivity (Wildman–Crippen MR) is 77.5 cm³/mol. The molecule has 0 fully saturated rings. The van der Waals surface area contributed by atoms with Crippen LogP contribution >= 0.6 is 11.3 Å². The molecular formula is C15H17NO2S. The van der Waals surface area contributed by atoms with Gasteiger partial charge in [-0.25, -0.2) is 0 Å². The van der Waals surface area contributed by atoms with E-state index < -0.39 is 0 Å². The van der Waals surface area contributed by atoms with Crippen LogP contribution in [0.15, 0.2) is 36.4 Å². The molecule has 3 nitrogen and oxygen atoms in total. The summed E-state index contributed by atoms with van der Waals surface area (Å²) >= 11 is 1.51. The van der Waals surface area contributed by atoms with Crippen LogP contribution in [-0.2, 0) is 13.0 Å². The van der Waals surface area contributed by atoms with Gasteiger partial charge in [0.15, 0.2) is 0 Å². The van der Waals surface area contributed by atoms with Gasteiger partial charge in [-0.15, -0.1) is 11.3 Å². The maximum atomic E-state index is 11.8. The zero-order valence-corrected chi connectivity index (χ0v) is 11.7. The van der Waals surface area contributed by atoms with Crippen LogP contribution in [0.3, 0.4) is 0 Å². The lowest BCUT2D eigenvalue weighted by Gasteiger charge is -2.04. The first kappa shape index (κ1) is 13.8. The van der Waals surface area contributed by atoms with E-state index in [2.05, 4.69) is 5.32 Å². The molecule has 2 rings (SSSR count). The molecule has 0 aliphatic rings. The number of amides is 1. The van der Waals surface area contributed by atoms with Crippen LogP contribution in [0.25, 0.3) is 0 Å². The fourth-order valence-electron chi connectivity index (χ4n) is 1.78. The first-order chi connectivity index (χ1) is 9.19. The van der Waals surface area contributed by atoms with Crippen molar-refractivity contribution in [3.63, 3.8) is 0 Å². The van der Waals surface area contributed by atoms with Crippen molar-refractivity contribution in [2.75, 3.05) is 6.54 Å². The lowest BCUT2D eigenvalue weighted by atomic mass is 10.1. The molecule has 0 saturated heterocycles. The van der Waals surface area contributed by atoms with E-state index in [0.717, 1.165) is 27.3 Å². The van der Waals surface area contributed by atoms with Gasteiger partial charge in [0, 0.05) is 11.4 Å². The van der Waals surface area contributed by atoms with Crippen molar-refractivity contribution < 1.29 is 9.90 Å². The molecule has 0 spiro atoms. The second-order valence-electron chi connectivity index (χ2n) is 4.39. The maximum Gasteiger partial charge on any atom is 0.261 e. The topological polar surface area (TPSA) is 49.3 Å². The molecule has 0 unspecified atom stereocenters. The summed E-state index contributed by atoms with van der Waals surface area (Å²) in [5.41, 5.74) is 2.06. The molecule has 0 bridgehead atoms. The molecule has 1 aromatic carbocycles. The van der Waals surface area contributed by atoms with Crippen molar-refractivity contribution in [1.29, 1.82) is 0 Å². The third-order valence-electron chi connectivity index (χ3n) is 2.87. The molecule has 19 heavy (non-hydrogen) atoms. The van der Waals surface area contributed by atoms with Crippen molar-refractivity contribution in [3.05, 3.63) is 57.3 Å². The largest absolute Gasteiger partial charge is 0.392 e. The zero-order valence-electron chi connectivity index (χ0n) is 10.8. The Labute approximate surface area is 116 Å². The van der Waals surface area contributed by atoms with Crippen molar-refractivity contribution in [2.45, 2.75) is 20.0 Å². The molecule has 4 heteroatoms. The van der Waals surface area contributed by atoms with Crippen molar-refractivity contribution in [3.8, 4) is 0 Å². The van der Waals surface area contributed by atoms with Gasteiger partial charge in [-0.3, -0.25) is 4.79 Å². The van der Waals surface area contributed by atoms with Crippen LogP contribution in [0.4, 0.5) is 0 Å². The zero-order chi connectivity index (χ0) is 13.7. The van der Waals surface area contributed by atoms with Crippen LogP contribution in [0.1, 0.15) is 25.7 Å². The van der Waals surface area contributed by atoms with Gasteiger partial charge in [0.2, 0.25) is 0 Å². The molecular weight excluding hydrogens is 258 g/mol. The van der Waals surface area contributed by atoms with Crippen molar-refractivity contribution in [2.24, 2.45) is 0 Å². The van der Waals surface area contributed by atoms with E-state index in [1.165, 1.54) is 11.3 Å². The second-order valence-corrected chi connectivity index (χ2v) is 5.68. The van der Waals surface area contributed by atoms with E-state index in [1.807, 2.05) is 43.3 Å². The first-order valence-corrected chi connectivity index (χ1v) is 7.04. The summed E-state index contributed by atoms with van der Waals surface area (Å²) in [6.45, 7) is 2.67. The highest BCUT2D eigenvalue weighted by atomic mass is 32.1. The third kappa shape index (κ3) is 3.91. The smallest absolute Gasteiger partial charge is 0.261 e. The van der Waals surface area contributed by atoms with E-state index in [4.69, 9.17) is 5.11 Å². The summed E-state index contributed by atoms with van der Waals surface area (Å²) in [7, 11) is 0. The lowest BCUT2D eigenvalue weighted by Crippen LogP contribution is -2.24. The minimum Gasteiger partial charge on any atom is -0.392 e. The van der Waals surface area contributed by atoms with Crippen LogP contribution in [0.2, 0.25) is 0 Å². The molecule has 1 amide bonds. The standard InChI is InChI=1S/C15H17NO2S/c1-11-2-7-14(19-11)15(18)16-9-8-12-3-5-13(10-17)6-4-12/h2-7,17H,8-10H2,1H3,(H,16,18). The highest BCUT2D eigenvalue weighted by Crippen LogP contribution is 2.14. The number of carbonyl (C=O) groups is 1. The van der Waals surface area contributed by atoms with Crippen molar-refractivity contribution >= 4 is 17.2 Å². The van der Waals surface area contributed by atoms with Gasteiger partial charge in [0.1, 0.15) is 0 Å². The quantitative estimate of drug-likeness (QED) is 0.881. The minimum atomic E-state index is -0.00919. The van der Waals surface area contributed by atoms with Gasteiger partial charge in [0.25, 0.3) is 5.91 Å². The second kappa shape index (κ2) is 6.50. The van der Waals surface area contributed by atoms with Crippen LogP contribution in [0, 0.1) is 6.92 Å². The number of hydrogen-bond donors (Lipinski definition) is 2. The molecule has 2 N–H and O–H groups in total. The highest BCUT2D eigenvalue weighted by Gasteiger charge is 2.06. The molecule has 0 aliphatic carbocycles. The molecule has 2 aromatic rings. The van der Waals surface area contributed by atoms with E-state index >= 15 is 0 Å². The van der Waals surface area contributed by atoms with Gasteiger partial charge < -0.3 is 10.4 Å². The lowest BCUT2D eigenvalue weighted by molar-refractivity contribution is 0.0958. The molecule has 1 aromatic heterocycles. The van der Waals surface area contributed by atoms with E-state index in [1.54, 1.807) is 0 Å². The average Bonchev–Trinajstić information content (AvgIpc) is 2.86. The number of aliphatic hydroxyl groups excluding tert-OH is 1. The Balaban J connectivity index is 1.81. The predicted octanol–water partition coefficient (Wildman–Crippen LogP) is 2.52. The number of aryl methyl sites for hydroxylation is 1. The molecule has 0 saturated carbocycles. The Kier molecular flexibility index (Phi) is 4.71. The third-order valence-corrected chi connectivity index (χ3v) is 3.87. The average molecular weight is 275 g/mol. The Hall–Kier alpha value is -1.65. The first-order valence-electron chi connectivity index (χ1n) is 6.22. The van der Waals surface area contributed by atoms with Crippen LogP contribution in [0.5, 0.6) is 0 Å². The number of nitrogens with one attached hydrogen (secondary N) is 1. The number of aliphatic hydroxyl groups is 1. The molecule has 100 valence electrons. The fourth-order valence-corrected chi connectivity index (χ4v) is 2.56. The van der Waals surface area contributed by atoms with Crippen LogP contribution < -0.4 is 5.32 Å². The molecule has 1 heterocycles. The Morgan fingerprint density at radius 3 is 2.42 bits per heavy atom. The Morgan fingerprint density at radius 1 is 1.16 bits per heavy atom. The van der Waals surface area contributed by atoms with Gasteiger partial charge >= 0.3 is 0 Å². The molecule has 0 atom stereocenters. The Morgan fingerprint density at radius 2 is 1.84 bits per heavy atom. The van der Waals surface area contributed by atoms with Crippen LogP contribution in [-0.4, -0.2) is 17.6 Å². The summed E-state index contributed by atoms with van der Waals surface area (Å²) in [5, 5.41) is 11.9. The fraction of sp³-hybridized carbons (Fsp3) is 0.267. The molecule has 0 aliphatic heterocycles. The summed E-state index contributed by atoms with van der Waals surface area (Å²) < 4.78 is 0. The van der Waals surface area contributed by atoms with Gasteiger partial charge in [-0.2, -0.15) is 0 Å². The summed E-state index contributed by atoms with van der Waals surface area (Å²) in [6.07, 6.45) is 0.793. The van der Waals surface area contributed by atoms with Gasteiger partial charge in [-0.1, -0.05) is 24.3 Å². The maximum absolute atomic E-state index is 11.8. The number of benzene rings is 1. The van der Waals surface area contributed by atoms with Gasteiger partial charge in [0.05, 0.1) is 11.5 Å². The molecule has 0 radical (unpaired) electrons. The normalized spacial score (nSPS) is 10.4. The van der Waals surface area contributed by atoms with Crippen molar-refractivity contribution in [1.82, 2.24) is 5.32 Å². The number of rotatable bonds is 5. The summed E-state index contributed by atoms with van der Waals surface area (Å²) in [5.74, 6) is -0.00919. The number of carbonyl (C=O) groups excluding carboxylic acids is 1.